The third kappa shape index (κ3) is 1.71. The van der Waals surface area contributed by atoms with Crippen LogP contribution in [0, 0.1) is 0 Å². The van der Waals surface area contributed by atoms with Crippen LogP contribution in [-0.2, 0) is 0 Å². The fraction of sp³-hybridized carbons (Fsp3) is 0.857. The molecule has 0 atom stereocenters. The Labute approximate surface area is 73.4 Å². The minimum absolute atomic E-state index is 0.847. The summed E-state index contributed by atoms with van der Waals surface area (Å²) in [4.78, 5) is 0. The monoisotopic (exact) mass is 176 g/mol. The first-order valence-corrected chi connectivity index (χ1v) is 4.59. The van der Waals surface area contributed by atoms with Crippen molar-refractivity contribution in [1.29, 1.82) is 0 Å². The Morgan fingerprint density at radius 2 is 1.80 bits per heavy atom. The molecule has 1 aliphatic rings. The average Bonchev–Trinajstić information content (AvgIpc) is 1.89. The molecular weight excluding hydrogens is 162 g/mol. The lowest BCUT2D eigenvalue weighted by atomic mass is 10.1. The predicted molar refractivity (Wildman–Crippen MR) is 51.4 cm³/mol. The molecule has 0 N–H and O–H groups in total. The molecule has 0 aromatic carbocycles. The number of likely N-dealkylation sites (tertiary alicyclic amines) is 1. The smallest absolute Gasteiger partial charge is 0.230 e. The molecule has 1 aliphatic heterocycles. The summed E-state index contributed by atoms with van der Waals surface area (Å²) in [6.07, 6.45) is 3.97. The molecule has 0 aromatic rings. The summed E-state index contributed by atoms with van der Waals surface area (Å²) in [5.41, 5.74) is 0. The van der Waals surface area contributed by atoms with E-state index in [2.05, 4.69) is 19.7 Å². The standard InChI is InChI=1S/C7H13NS2/c1-8(7(9)10)5-3-2-4-6-8/h2-6H2,1H3/p+1. The Morgan fingerprint density at radius 3 is 2.10 bits per heavy atom. The van der Waals surface area contributed by atoms with E-state index in [9.17, 15) is 0 Å². The Morgan fingerprint density at radius 1 is 1.30 bits per heavy atom. The van der Waals surface area contributed by atoms with Gasteiger partial charge in [-0.3, -0.25) is 4.48 Å². The Balaban J connectivity index is 2.56. The van der Waals surface area contributed by atoms with Crippen LogP contribution in [-0.4, -0.2) is 28.9 Å². The minimum Gasteiger partial charge on any atom is -0.278 e. The van der Waals surface area contributed by atoms with Gasteiger partial charge >= 0.3 is 0 Å². The second-order valence-electron chi connectivity index (χ2n) is 3.19. The van der Waals surface area contributed by atoms with Crippen molar-refractivity contribution >= 4 is 29.2 Å². The number of rotatable bonds is 0. The fourth-order valence-electron chi connectivity index (χ4n) is 1.40. The van der Waals surface area contributed by atoms with Crippen LogP contribution < -0.4 is 0 Å². The van der Waals surface area contributed by atoms with Gasteiger partial charge in [-0.25, -0.2) is 0 Å². The highest BCUT2D eigenvalue weighted by atomic mass is 32.1. The number of hydrogen-bond acceptors (Lipinski definition) is 1. The lowest BCUT2D eigenvalue weighted by Gasteiger charge is -2.35. The van der Waals surface area contributed by atoms with E-state index >= 15 is 0 Å². The van der Waals surface area contributed by atoms with Gasteiger partial charge in [0.15, 0.2) is 0 Å². The summed E-state index contributed by atoms with van der Waals surface area (Å²) in [6, 6.07) is 0. The van der Waals surface area contributed by atoms with Crippen LogP contribution in [0.3, 0.4) is 0 Å². The number of nitrogens with zero attached hydrogens (tertiary/aromatic N) is 1. The van der Waals surface area contributed by atoms with E-state index in [1.807, 2.05) is 0 Å². The SMILES string of the molecule is C[N+]1(C(=S)S)CCCCC1. The molecule has 0 unspecified atom stereocenters. The van der Waals surface area contributed by atoms with Crippen molar-refractivity contribution in [3.8, 4) is 0 Å². The van der Waals surface area contributed by atoms with Gasteiger partial charge < -0.3 is 0 Å². The van der Waals surface area contributed by atoms with E-state index in [-0.39, 0.29) is 0 Å². The molecule has 0 radical (unpaired) electrons. The summed E-state index contributed by atoms with van der Waals surface area (Å²) in [6.45, 7) is 2.37. The van der Waals surface area contributed by atoms with Crippen LogP contribution in [0.1, 0.15) is 19.3 Å². The number of thiol groups is 1. The molecule has 10 heavy (non-hydrogen) atoms. The Hall–Kier alpha value is 0.400. The third-order valence-corrected chi connectivity index (χ3v) is 3.19. The zero-order valence-corrected chi connectivity index (χ0v) is 8.05. The number of piperidine rings is 1. The average molecular weight is 176 g/mol. The Bertz CT molecular complexity index is 139. The number of thiocarbonyl (C=S) groups is 1. The van der Waals surface area contributed by atoms with Crippen LogP contribution in [0.4, 0.5) is 0 Å². The lowest BCUT2D eigenvalue weighted by molar-refractivity contribution is -0.820. The van der Waals surface area contributed by atoms with Crippen molar-refractivity contribution in [2.45, 2.75) is 19.3 Å². The molecule has 0 aromatic heterocycles. The largest absolute Gasteiger partial charge is 0.278 e. The zero-order chi connectivity index (χ0) is 7.61. The molecule has 58 valence electrons. The fourth-order valence-corrected chi connectivity index (χ4v) is 1.78. The highest BCUT2D eigenvalue weighted by Gasteiger charge is 2.27. The number of hydrogen-bond donors (Lipinski definition) is 1. The maximum absolute atomic E-state index is 5.07. The topological polar surface area (TPSA) is 0 Å². The second kappa shape index (κ2) is 3.20. The van der Waals surface area contributed by atoms with Gasteiger partial charge in [-0.2, -0.15) is 0 Å². The van der Waals surface area contributed by atoms with Crippen LogP contribution in [0.15, 0.2) is 0 Å². The van der Waals surface area contributed by atoms with Crippen molar-refractivity contribution in [1.82, 2.24) is 0 Å². The minimum atomic E-state index is 0.847. The van der Waals surface area contributed by atoms with Crippen molar-refractivity contribution in [2.24, 2.45) is 0 Å². The summed E-state index contributed by atoms with van der Waals surface area (Å²) in [5.74, 6) is 0. The molecule has 1 nitrogen and oxygen atoms in total. The van der Waals surface area contributed by atoms with Gasteiger partial charge in [-0.15, -0.1) is 0 Å². The summed E-state index contributed by atoms with van der Waals surface area (Å²) in [5, 5.41) is 0. The quantitative estimate of drug-likeness (QED) is 0.334. The molecule has 1 saturated heterocycles. The van der Waals surface area contributed by atoms with E-state index in [0.717, 1.165) is 8.80 Å². The number of quaternary nitrogens is 1. The van der Waals surface area contributed by atoms with Crippen LogP contribution in [0.25, 0.3) is 0 Å². The molecule has 1 heterocycles. The highest BCUT2D eigenvalue weighted by molar-refractivity contribution is 8.10. The second-order valence-corrected chi connectivity index (χ2v) is 4.30. The van der Waals surface area contributed by atoms with Crippen molar-refractivity contribution in [3.63, 3.8) is 0 Å². The molecule has 0 saturated carbocycles. The van der Waals surface area contributed by atoms with Crippen molar-refractivity contribution in [3.05, 3.63) is 0 Å². The lowest BCUT2D eigenvalue weighted by Crippen LogP contribution is -2.49. The predicted octanol–water partition coefficient (Wildman–Crippen LogP) is 1.83. The molecule has 0 aliphatic carbocycles. The van der Waals surface area contributed by atoms with Crippen LogP contribution in [0.2, 0.25) is 0 Å². The Kier molecular flexibility index (Phi) is 2.72. The van der Waals surface area contributed by atoms with Crippen LogP contribution >= 0.6 is 24.8 Å². The van der Waals surface area contributed by atoms with E-state index in [0.29, 0.717) is 0 Å². The summed E-state index contributed by atoms with van der Waals surface area (Å²) >= 11 is 9.30. The molecule has 0 spiro atoms. The molecule has 1 rings (SSSR count). The normalized spacial score (nSPS) is 24.2. The van der Waals surface area contributed by atoms with Gasteiger partial charge in [0.2, 0.25) is 4.32 Å². The van der Waals surface area contributed by atoms with E-state index in [1.165, 1.54) is 32.4 Å². The molecule has 1 fully saturated rings. The van der Waals surface area contributed by atoms with Gasteiger partial charge in [-0.05, 0) is 31.5 Å². The van der Waals surface area contributed by atoms with E-state index in [4.69, 9.17) is 12.2 Å². The summed E-state index contributed by atoms with van der Waals surface area (Å²) < 4.78 is 1.75. The molecular formula is C7H14NS2+. The first-order chi connectivity index (χ1) is 4.65. The summed E-state index contributed by atoms with van der Waals surface area (Å²) in [7, 11) is 2.18. The first kappa shape index (κ1) is 8.50. The van der Waals surface area contributed by atoms with E-state index < -0.39 is 0 Å². The molecule has 0 bridgehead atoms. The molecule has 0 amide bonds. The van der Waals surface area contributed by atoms with Gasteiger partial charge in [-0.1, -0.05) is 12.6 Å². The third-order valence-electron chi connectivity index (χ3n) is 2.27. The maximum Gasteiger partial charge on any atom is 0.230 e. The van der Waals surface area contributed by atoms with Gasteiger partial charge in [0.25, 0.3) is 0 Å². The van der Waals surface area contributed by atoms with Crippen molar-refractivity contribution < 1.29 is 4.48 Å². The van der Waals surface area contributed by atoms with Crippen LogP contribution in [0.5, 0.6) is 0 Å². The first-order valence-electron chi connectivity index (χ1n) is 3.73. The maximum atomic E-state index is 5.07. The highest BCUT2D eigenvalue weighted by Crippen LogP contribution is 2.18. The van der Waals surface area contributed by atoms with Crippen molar-refractivity contribution in [2.75, 3.05) is 20.1 Å². The van der Waals surface area contributed by atoms with Gasteiger partial charge in [0, 0.05) is 0 Å². The van der Waals surface area contributed by atoms with Gasteiger partial charge in [0.05, 0.1) is 20.1 Å². The van der Waals surface area contributed by atoms with E-state index in [1.54, 1.807) is 0 Å². The zero-order valence-electron chi connectivity index (χ0n) is 6.34. The van der Waals surface area contributed by atoms with Gasteiger partial charge in [0.1, 0.15) is 0 Å². The molecule has 3 heteroatoms.